The number of nitrogens with zero attached hydrogens (tertiary/aromatic N) is 2. The van der Waals surface area contributed by atoms with Crippen LogP contribution in [0.25, 0.3) is 0 Å². The lowest BCUT2D eigenvalue weighted by molar-refractivity contribution is -0.114. The Morgan fingerprint density at radius 3 is 1.84 bits per heavy atom. The van der Waals surface area contributed by atoms with E-state index in [0.29, 0.717) is 0 Å². The van der Waals surface area contributed by atoms with Crippen LogP contribution in [0.4, 0.5) is 17.1 Å². The van der Waals surface area contributed by atoms with E-state index < -0.39 is 0 Å². The highest BCUT2D eigenvalue weighted by molar-refractivity contribution is 5.89. The summed E-state index contributed by atoms with van der Waals surface area (Å²) in [5.74, 6) is -0.0826. The third-order valence-electron chi connectivity index (χ3n) is 3.55. The van der Waals surface area contributed by atoms with Gasteiger partial charge < -0.3 is 5.32 Å². The van der Waals surface area contributed by atoms with Crippen molar-refractivity contribution in [3.05, 3.63) is 90.5 Å². The molecule has 1 amide bonds. The molecular weight excluding hydrogens is 310 g/mol. The number of hydrogen-bond donors (Lipinski definition) is 1. The van der Waals surface area contributed by atoms with Gasteiger partial charge in [-0.15, -0.1) is 0 Å². The minimum Gasteiger partial charge on any atom is -0.326 e. The van der Waals surface area contributed by atoms with Gasteiger partial charge in [-0.25, -0.2) is 5.01 Å². The second-order valence-electron chi connectivity index (χ2n) is 5.53. The molecule has 25 heavy (non-hydrogen) atoms. The molecule has 0 atom stereocenters. The molecule has 4 nitrogen and oxygen atoms in total. The van der Waals surface area contributed by atoms with Crippen molar-refractivity contribution in [3.8, 4) is 0 Å². The van der Waals surface area contributed by atoms with E-state index >= 15 is 0 Å². The van der Waals surface area contributed by atoms with Crippen LogP contribution in [-0.2, 0) is 4.79 Å². The van der Waals surface area contributed by atoms with Gasteiger partial charge in [-0.05, 0) is 42.0 Å². The lowest BCUT2D eigenvalue weighted by Crippen LogP contribution is -2.09. The van der Waals surface area contributed by atoms with Gasteiger partial charge in [0.25, 0.3) is 0 Å². The second kappa shape index (κ2) is 7.93. The first-order valence-electron chi connectivity index (χ1n) is 8.04. The van der Waals surface area contributed by atoms with Crippen LogP contribution in [0.2, 0.25) is 0 Å². The molecule has 0 aliphatic heterocycles. The molecule has 0 aromatic heterocycles. The Balaban J connectivity index is 1.85. The molecule has 0 saturated heterocycles. The van der Waals surface area contributed by atoms with E-state index in [1.807, 2.05) is 89.9 Å². The standard InChI is InChI=1S/C21H19N3O/c1-17(25)23-19-14-12-18(13-15-19)16-22-24(20-8-4-2-5-9-20)21-10-6-3-7-11-21/h2-16H,1H3,(H,23,25)/b22-16+. The summed E-state index contributed by atoms with van der Waals surface area (Å²) in [6.07, 6.45) is 1.80. The molecule has 124 valence electrons. The third-order valence-corrected chi connectivity index (χ3v) is 3.55. The maximum atomic E-state index is 11.1. The van der Waals surface area contributed by atoms with Gasteiger partial charge in [-0.1, -0.05) is 48.5 Å². The molecule has 3 aromatic carbocycles. The summed E-state index contributed by atoms with van der Waals surface area (Å²) in [6.45, 7) is 1.49. The van der Waals surface area contributed by atoms with Crippen LogP contribution in [0.1, 0.15) is 12.5 Å². The molecule has 0 aliphatic rings. The van der Waals surface area contributed by atoms with Crippen LogP contribution in [0, 0.1) is 0 Å². The molecule has 1 N–H and O–H groups in total. The highest BCUT2D eigenvalue weighted by Gasteiger charge is 2.06. The van der Waals surface area contributed by atoms with E-state index in [0.717, 1.165) is 22.6 Å². The van der Waals surface area contributed by atoms with E-state index in [2.05, 4.69) is 10.4 Å². The van der Waals surface area contributed by atoms with Gasteiger partial charge in [-0.2, -0.15) is 5.10 Å². The number of amides is 1. The number of rotatable bonds is 5. The van der Waals surface area contributed by atoms with Crippen LogP contribution < -0.4 is 10.3 Å². The second-order valence-corrected chi connectivity index (χ2v) is 5.53. The third kappa shape index (κ3) is 4.54. The Labute approximate surface area is 147 Å². The summed E-state index contributed by atoms with van der Waals surface area (Å²) in [7, 11) is 0. The molecule has 0 heterocycles. The Morgan fingerprint density at radius 2 is 1.36 bits per heavy atom. The normalized spacial score (nSPS) is 10.6. The smallest absolute Gasteiger partial charge is 0.221 e. The molecule has 3 rings (SSSR count). The lowest BCUT2D eigenvalue weighted by Gasteiger charge is -2.19. The molecule has 0 unspecified atom stereocenters. The summed E-state index contributed by atoms with van der Waals surface area (Å²) < 4.78 is 0. The average Bonchev–Trinajstić information content (AvgIpc) is 2.65. The van der Waals surface area contributed by atoms with Gasteiger partial charge >= 0.3 is 0 Å². The van der Waals surface area contributed by atoms with Gasteiger partial charge in [0.05, 0.1) is 17.6 Å². The molecule has 0 bridgehead atoms. The van der Waals surface area contributed by atoms with Crippen molar-refractivity contribution in [3.63, 3.8) is 0 Å². The number of para-hydroxylation sites is 2. The van der Waals surface area contributed by atoms with Gasteiger partial charge in [0.15, 0.2) is 0 Å². The Bertz CT molecular complexity index is 804. The predicted octanol–water partition coefficient (Wildman–Crippen LogP) is 4.82. The first-order valence-corrected chi connectivity index (χ1v) is 8.04. The molecule has 0 radical (unpaired) electrons. The number of carbonyl (C=O) groups is 1. The summed E-state index contributed by atoms with van der Waals surface area (Å²) in [5.41, 5.74) is 3.69. The molecule has 3 aromatic rings. The van der Waals surface area contributed by atoms with Crippen molar-refractivity contribution in [2.24, 2.45) is 5.10 Å². The number of hydrazone groups is 1. The van der Waals surface area contributed by atoms with E-state index in [4.69, 9.17) is 0 Å². The van der Waals surface area contributed by atoms with Gasteiger partial charge in [0, 0.05) is 12.6 Å². The lowest BCUT2D eigenvalue weighted by atomic mass is 10.2. The highest BCUT2D eigenvalue weighted by Crippen LogP contribution is 2.25. The first kappa shape index (κ1) is 16.5. The number of hydrogen-bond acceptors (Lipinski definition) is 3. The van der Waals surface area contributed by atoms with Crippen LogP contribution in [0.15, 0.2) is 90.0 Å². The van der Waals surface area contributed by atoms with Crippen molar-refractivity contribution < 1.29 is 4.79 Å². The van der Waals surface area contributed by atoms with Crippen molar-refractivity contribution >= 4 is 29.2 Å². The number of anilines is 3. The SMILES string of the molecule is CC(=O)Nc1ccc(/C=N/N(c2ccccc2)c2ccccc2)cc1. The summed E-state index contributed by atoms with van der Waals surface area (Å²) in [5, 5.41) is 9.29. The fraction of sp³-hybridized carbons (Fsp3) is 0.0476. The van der Waals surface area contributed by atoms with Gasteiger partial charge in [-0.3, -0.25) is 4.79 Å². The van der Waals surface area contributed by atoms with Crippen LogP contribution in [-0.4, -0.2) is 12.1 Å². The van der Waals surface area contributed by atoms with E-state index in [1.54, 1.807) is 6.21 Å². The number of benzene rings is 3. The largest absolute Gasteiger partial charge is 0.326 e. The van der Waals surface area contributed by atoms with Crippen molar-refractivity contribution in [1.82, 2.24) is 0 Å². The minimum absolute atomic E-state index is 0.0826. The topological polar surface area (TPSA) is 44.7 Å². The molecule has 0 aliphatic carbocycles. The first-order chi connectivity index (χ1) is 12.2. The Hall–Kier alpha value is -3.40. The molecular formula is C21H19N3O. The maximum Gasteiger partial charge on any atom is 0.221 e. The average molecular weight is 329 g/mol. The minimum atomic E-state index is -0.0826. The number of nitrogens with one attached hydrogen (secondary N) is 1. The fourth-order valence-electron chi connectivity index (χ4n) is 2.40. The summed E-state index contributed by atoms with van der Waals surface area (Å²) in [4.78, 5) is 11.1. The molecule has 4 heteroatoms. The van der Waals surface area contributed by atoms with Gasteiger partial charge in [0.1, 0.15) is 0 Å². The van der Waals surface area contributed by atoms with Crippen molar-refractivity contribution in [2.45, 2.75) is 6.92 Å². The number of carbonyl (C=O) groups excluding carboxylic acids is 1. The highest BCUT2D eigenvalue weighted by atomic mass is 16.1. The Morgan fingerprint density at radius 1 is 0.840 bits per heavy atom. The van der Waals surface area contributed by atoms with Gasteiger partial charge in [0.2, 0.25) is 5.91 Å². The molecule has 0 saturated carbocycles. The summed E-state index contributed by atoms with van der Waals surface area (Å²) >= 11 is 0. The Kier molecular flexibility index (Phi) is 5.22. The predicted molar refractivity (Wildman–Crippen MR) is 103 cm³/mol. The van der Waals surface area contributed by atoms with E-state index in [9.17, 15) is 4.79 Å². The monoisotopic (exact) mass is 329 g/mol. The van der Waals surface area contributed by atoms with Crippen LogP contribution >= 0.6 is 0 Å². The quantitative estimate of drug-likeness (QED) is 0.539. The van der Waals surface area contributed by atoms with E-state index in [1.165, 1.54) is 6.92 Å². The zero-order chi connectivity index (χ0) is 17.5. The van der Waals surface area contributed by atoms with Crippen molar-refractivity contribution in [1.29, 1.82) is 0 Å². The zero-order valence-electron chi connectivity index (χ0n) is 14.0. The maximum absolute atomic E-state index is 11.1. The summed E-state index contributed by atoms with van der Waals surface area (Å²) in [6, 6.07) is 27.6. The fourth-order valence-corrected chi connectivity index (χ4v) is 2.40. The van der Waals surface area contributed by atoms with Crippen LogP contribution in [0.3, 0.4) is 0 Å². The molecule has 0 spiro atoms. The molecule has 0 fully saturated rings. The van der Waals surface area contributed by atoms with Crippen molar-refractivity contribution in [2.75, 3.05) is 10.3 Å². The van der Waals surface area contributed by atoms with Crippen LogP contribution in [0.5, 0.6) is 0 Å². The van der Waals surface area contributed by atoms with E-state index in [-0.39, 0.29) is 5.91 Å². The zero-order valence-corrected chi connectivity index (χ0v) is 14.0.